The van der Waals surface area contributed by atoms with Gasteiger partial charge in [0.05, 0.1) is 12.0 Å². The van der Waals surface area contributed by atoms with E-state index in [1.54, 1.807) is 0 Å². The topological polar surface area (TPSA) is 26.3 Å². The van der Waals surface area contributed by atoms with Gasteiger partial charge in [-0.1, -0.05) is 41.5 Å². The van der Waals surface area contributed by atoms with E-state index in [1.165, 1.54) is 5.75 Å². The van der Waals surface area contributed by atoms with Crippen molar-refractivity contribution in [1.29, 1.82) is 0 Å². The minimum atomic E-state index is -0.613. The van der Waals surface area contributed by atoms with Crippen LogP contribution in [-0.4, -0.2) is 35.1 Å². The maximum absolute atomic E-state index is 12.1. The van der Waals surface area contributed by atoms with Gasteiger partial charge in [-0.15, -0.1) is 0 Å². The van der Waals surface area contributed by atoms with Crippen molar-refractivity contribution in [3.05, 3.63) is 0 Å². The molecule has 0 unspecified atom stereocenters. The van der Waals surface area contributed by atoms with Crippen LogP contribution in [0.15, 0.2) is 0 Å². The van der Waals surface area contributed by atoms with E-state index in [0.717, 1.165) is 16.9 Å². The molecule has 0 bridgehead atoms. The zero-order chi connectivity index (χ0) is 16.1. The Balaban J connectivity index is 4.30. The lowest BCUT2D eigenvalue weighted by atomic mass is 9.81. The van der Waals surface area contributed by atoms with Crippen LogP contribution in [0, 0.1) is 11.3 Å². The van der Waals surface area contributed by atoms with E-state index in [9.17, 15) is 4.79 Å². The summed E-state index contributed by atoms with van der Waals surface area (Å²) < 4.78 is 5.50. The normalized spacial score (nSPS) is 14.2. The van der Waals surface area contributed by atoms with Crippen LogP contribution in [0.1, 0.15) is 61.8 Å². The van der Waals surface area contributed by atoms with E-state index in [1.807, 2.05) is 13.8 Å². The van der Waals surface area contributed by atoms with Gasteiger partial charge < -0.3 is 4.74 Å². The monoisotopic (exact) mass is 304 g/mol. The number of esters is 1. The predicted octanol–water partition coefficient (Wildman–Crippen LogP) is 4.85. The maximum Gasteiger partial charge on any atom is 0.311 e. The number of rotatable bonds is 8. The molecule has 0 rings (SSSR count). The smallest absolute Gasteiger partial charge is 0.311 e. The van der Waals surface area contributed by atoms with E-state index in [2.05, 4.69) is 47.8 Å². The zero-order valence-electron chi connectivity index (χ0n) is 15.1. The lowest BCUT2D eigenvalue weighted by molar-refractivity contribution is -0.156. The van der Waals surface area contributed by atoms with Gasteiger partial charge in [-0.2, -0.15) is 0 Å². The largest absolute Gasteiger partial charge is 0.465 e. The molecule has 20 heavy (non-hydrogen) atoms. The van der Waals surface area contributed by atoms with Gasteiger partial charge in [0.15, 0.2) is 0 Å². The molecular weight excluding hydrogens is 268 g/mol. The van der Waals surface area contributed by atoms with Crippen LogP contribution in [0.25, 0.3) is 0 Å². The van der Waals surface area contributed by atoms with Gasteiger partial charge in [0, 0.05) is 0 Å². The summed E-state index contributed by atoms with van der Waals surface area (Å²) >= 11 is 0. The van der Waals surface area contributed by atoms with Gasteiger partial charge >= 0.3 is 5.97 Å². The Morgan fingerprint density at radius 2 is 1.50 bits per heavy atom. The summed E-state index contributed by atoms with van der Waals surface area (Å²) in [6, 6.07) is 0. The number of hydrogen-bond acceptors (Lipinski definition) is 2. The summed E-state index contributed by atoms with van der Waals surface area (Å²) in [6.07, 6.45) is 3.42. The summed E-state index contributed by atoms with van der Waals surface area (Å²) in [5.74, 6) is 1.44. The third kappa shape index (κ3) is 4.98. The number of hydrogen-bond donors (Lipinski definition) is 0. The molecule has 0 aliphatic heterocycles. The molecule has 0 saturated heterocycles. The highest BCUT2D eigenvalue weighted by molar-refractivity contribution is 8.34. The van der Waals surface area contributed by atoms with Crippen molar-refractivity contribution >= 4 is 16.0 Å². The molecule has 0 aliphatic rings. The Morgan fingerprint density at radius 1 is 1.05 bits per heavy atom. The fraction of sp³-hybridized carbons (Fsp3) is 0.941. The average Bonchev–Trinajstić information content (AvgIpc) is 2.32. The Hall–Kier alpha value is -0.180. The summed E-state index contributed by atoms with van der Waals surface area (Å²) in [7, 11) is -0.613. The van der Waals surface area contributed by atoms with E-state index < -0.39 is 10.0 Å². The lowest BCUT2D eigenvalue weighted by Gasteiger charge is -2.44. The van der Waals surface area contributed by atoms with E-state index >= 15 is 0 Å². The Bertz CT molecular complexity index is 298. The fourth-order valence-electron chi connectivity index (χ4n) is 1.97. The average molecular weight is 305 g/mol. The van der Waals surface area contributed by atoms with Crippen LogP contribution in [0.3, 0.4) is 0 Å². The van der Waals surface area contributed by atoms with Gasteiger partial charge in [-0.05, 0) is 48.7 Å². The minimum Gasteiger partial charge on any atom is -0.465 e. The first-order valence-electron chi connectivity index (χ1n) is 7.87. The highest BCUT2D eigenvalue weighted by Gasteiger charge is 2.33. The molecule has 0 aromatic carbocycles. The van der Waals surface area contributed by atoms with Crippen molar-refractivity contribution in [3.63, 3.8) is 0 Å². The first kappa shape index (κ1) is 19.8. The summed E-state index contributed by atoms with van der Waals surface area (Å²) in [5.41, 5.74) is -0.383. The summed E-state index contributed by atoms with van der Waals surface area (Å²) in [5, 5.41) is 1.45. The second-order valence-corrected chi connectivity index (χ2v) is 12.1. The van der Waals surface area contributed by atoms with E-state index in [-0.39, 0.29) is 11.4 Å². The summed E-state index contributed by atoms with van der Waals surface area (Å²) in [6.45, 7) is 17.9. The van der Waals surface area contributed by atoms with Gasteiger partial charge in [0.25, 0.3) is 0 Å². The van der Waals surface area contributed by atoms with E-state index in [4.69, 9.17) is 4.74 Å². The molecule has 122 valence electrons. The second kappa shape index (κ2) is 7.72. The molecular formula is C17H36O2S. The van der Waals surface area contributed by atoms with Crippen molar-refractivity contribution in [2.45, 2.75) is 72.3 Å². The van der Waals surface area contributed by atoms with Crippen LogP contribution in [-0.2, 0) is 9.53 Å². The standard InChI is InChI=1S/C17H36O2S/c1-13(2)17(7,8)16(18)19-11-10-12-20(9,14(3)4)15(5)6/h13-15H,10-12H2,1-9H3. The molecule has 0 aromatic heterocycles. The van der Waals surface area contributed by atoms with Crippen molar-refractivity contribution in [1.82, 2.24) is 0 Å². The maximum atomic E-state index is 12.1. The second-order valence-electron chi connectivity index (χ2n) is 7.40. The van der Waals surface area contributed by atoms with Gasteiger partial charge in [0.2, 0.25) is 0 Å². The molecule has 0 aliphatic carbocycles. The Labute approximate surface area is 128 Å². The fourth-order valence-corrected chi connectivity index (χ4v) is 4.74. The van der Waals surface area contributed by atoms with E-state index in [0.29, 0.717) is 12.5 Å². The first-order valence-corrected chi connectivity index (χ1v) is 10.2. The number of carbonyl (C=O) groups excluding carboxylic acids is 1. The molecule has 2 nitrogen and oxygen atoms in total. The van der Waals surface area contributed by atoms with Crippen molar-refractivity contribution in [3.8, 4) is 0 Å². The minimum absolute atomic E-state index is 0.0571. The van der Waals surface area contributed by atoms with Crippen LogP contribution >= 0.6 is 10.0 Å². The third-order valence-electron chi connectivity index (χ3n) is 5.08. The quantitative estimate of drug-likeness (QED) is 0.473. The molecule has 0 spiro atoms. The molecule has 0 fully saturated rings. The predicted molar refractivity (Wildman–Crippen MR) is 92.8 cm³/mol. The number of ether oxygens (including phenoxy) is 1. The van der Waals surface area contributed by atoms with Crippen molar-refractivity contribution < 1.29 is 9.53 Å². The molecule has 0 saturated carbocycles. The molecule has 0 aromatic rings. The van der Waals surface area contributed by atoms with Gasteiger partial charge in [-0.3, -0.25) is 4.79 Å². The zero-order valence-corrected chi connectivity index (χ0v) is 15.9. The number of carbonyl (C=O) groups is 1. The summed E-state index contributed by atoms with van der Waals surface area (Å²) in [4.78, 5) is 12.1. The van der Waals surface area contributed by atoms with Crippen molar-refractivity contribution in [2.75, 3.05) is 18.6 Å². The van der Waals surface area contributed by atoms with Gasteiger partial charge in [0.1, 0.15) is 0 Å². The highest BCUT2D eigenvalue weighted by Crippen LogP contribution is 2.53. The molecule has 0 heterocycles. The van der Waals surface area contributed by atoms with Crippen molar-refractivity contribution in [2.24, 2.45) is 11.3 Å². The lowest BCUT2D eigenvalue weighted by Crippen LogP contribution is -2.32. The molecule has 0 amide bonds. The molecule has 0 radical (unpaired) electrons. The van der Waals surface area contributed by atoms with Crippen LogP contribution < -0.4 is 0 Å². The molecule has 3 heteroatoms. The van der Waals surface area contributed by atoms with Crippen LogP contribution in [0.2, 0.25) is 0 Å². The molecule has 0 atom stereocenters. The Morgan fingerprint density at radius 3 is 1.85 bits per heavy atom. The van der Waals surface area contributed by atoms with Gasteiger partial charge in [-0.25, -0.2) is 10.0 Å². The van der Waals surface area contributed by atoms with Crippen LogP contribution in [0.4, 0.5) is 0 Å². The van der Waals surface area contributed by atoms with Crippen LogP contribution in [0.5, 0.6) is 0 Å². The third-order valence-corrected chi connectivity index (χ3v) is 10.6. The SMILES string of the molecule is CC(C)C(C)(C)C(=O)OCCCS(C)(C(C)C)C(C)C. The first-order chi connectivity index (χ1) is 8.96. The Kier molecular flexibility index (Phi) is 7.65. The molecule has 0 N–H and O–H groups in total. The highest BCUT2D eigenvalue weighted by atomic mass is 32.3.